The van der Waals surface area contributed by atoms with Crippen molar-refractivity contribution in [3.05, 3.63) is 52.0 Å². The van der Waals surface area contributed by atoms with Gasteiger partial charge in [-0.05, 0) is 30.7 Å². The molecule has 0 aromatic heterocycles. The quantitative estimate of drug-likeness (QED) is 0.777. The summed E-state index contributed by atoms with van der Waals surface area (Å²) in [4.78, 5) is 0. The van der Waals surface area contributed by atoms with Crippen LogP contribution in [0.4, 0.5) is 0 Å². The summed E-state index contributed by atoms with van der Waals surface area (Å²) in [5.74, 6) is 2.13. The van der Waals surface area contributed by atoms with Gasteiger partial charge in [0.2, 0.25) is 0 Å². The van der Waals surface area contributed by atoms with Gasteiger partial charge in [0.1, 0.15) is 5.75 Å². The van der Waals surface area contributed by atoms with E-state index in [0.29, 0.717) is 18.0 Å². The lowest BCUT2D eigenvalue weighted by atomic mass is 10.1. The van der Waals surface area contributed by atoms with Crippen LogP contribution in [0, 0.1) is 0 Å². The molecule has 0 heterocycles. The Hall–Kier alpha value is -1.72. The van der Waals surface area contributed by atoms with E-state index in [1.807, 2.05) is 24.3 Å². The van der Waals surface area contributed by atoms with E-state index in [0.717, 1.165) is 15.8 Å². The van der Waals surface area contributed by atoms with Crippen molar-refractivity contribution in [3.63, 3.8) is 0 Å². The van der Waals surface area contributed by atoms with E-state index in [9.17, 15) is 0 Å². The first-order valence-electron chi connectivity index (χ1n) is 7.36. The molecule has 124 valence electrons. The number of rotatable bonds is 7. The van der Waals surface area contributed by atoms with Gasteiger partial charge in [-0.2, -0.15) is 0 Å². The lowest BCUT2D eigenvalue weighted by Gasteiger charge is -2.18. The van der Waals surface area contributed by atoms with Gasteiger partial charge in [0.15, 0.2) is 11.5 Å². The topological polar surface area (TPSA) is 39.7 Å². The van der Waals surface area contributed by atoms with Crippen LogP contribution in [0.2, 0.25) is 0 Å². The molecule has 0 aliphatic rings. The van der Waals surface area contributed by atoms with Crippen molar-refractivity contribution < 1.29 is 14.2 Å². The number of hydrogen-bond acceptors (Lipinski definition) is 4. The van der Waals surface area contributed by atoms with Crippen LogP contribution in [0.25, 0.3) is 0 Å². The van der Waals surface area contributed by atoms with Crippen molar-refractivity contribution in [1.29, 1.82) is 0 Å². The third-order valence-electron chi connectivity index (χ3n) is 3.73. The van der Waals surface area contributed by atoms with Crippen LogP contribution in [0.15, 0.2) is 40.9 Å². The second-order valence-electron chi connectivity index (χ2n) is 5.18. The van der Waals surface area contributed by atoms with Gasteiger partial charge in [0.05, 0.1) is 21.3 Å². The predicted octanol–water partition coefficient (Wildman–Crippen LogP) is 4.33. The van der Waals surface area contributed by atoms with Crippen molar-refractivity contribution in [1.82, 2.24) is 5.32 Å². The number of ether oxygens (including phenoxy) is 3. The highest BCUT2D eigenvalue weighted by atomic mass is 79.9. The van der Waals surface area contributed by atoms with Gasteiger partial charge < -0.3 is 19.5 Å². The minimum absolute atomic E-state index is 0.213. The number of hydrogen-bond donors (Lipinski definition) is 1. The van der Waals surface area contributed by atoms with Gasteiger partial charge in [0.25, 0.3) is 0 Å². The summed E-state index contributed by atoms with van der Waals surface area (Å²) < 4.78 is 17.2. The second-order valence-corrected chi connectivity index (χ2v) is 6.09. The molecule has 0 saturated carbocycles. The highest BCUT2D eigenvalue weighted by Crippen LogP contribution is 2.34. The van der Waals surface area contributed by atoms with E-state index in [4.69, 9.17) is 14.2 Å². The van der Waals surface area contributed by atoms with Gasteiger partial charge in [-0.15, -0.1) is 0 Å². The van der Waals surface area contributed by atoms with Gasteiger partial charge in [-0.1, -0.05) is 28.1 Å². The monoisotopic (exact) mass is 379 g/mol. The Kier molecular flexibility index (Phi) is 6.30. The van der Waals surface area contributed by atoms with Crippen molar-refractivity contribution >= 4 is 15.9 Å². The number of halogens is 1. The average molecular weight is 380 g/mol. The molecule has 2 rings (SSSR count). The molecule has 4 nitrogen and oxygen atoms in total. The van der Waals surface area contributed by atoms with Crippen LogP contribution in [-0.4, -0.2) is 21.3 Å². The Morgan fingerprint density at radius 1 is 0.957 bits per heavy atom. The van der Waals surface area contributed by atoms with Crippen LogP contribution in [0.5, 0.6) is 17.2 Å². The molecule has 1 N–H and O–H groups in total. The molecule has 0 bridgehead atoms. The maximum Gasteiger partial charge on any atom is 0.164 e. The molecule has 1 atom stereocenters. The molecule has 0 fully saturated rings. The largest absolute Gasteiger partial charge is 0.496 e. The van der Waals surface area contributed by atoms with Crippen LogP contribution >= 0.6 is 15.9 Å². The van der Waals surface area contributed by atoms with Crippen molar-refractivity contribution in [3.8, 4) is 17.2 Å². The predicted molar refractivity (Wildman–Crippen MR) is 95.5 cm³/mol. The average Bonchev–Trinajstić information content (AvgIpc) is 2.58. The Bertz CT molecular complexity index is 661. The molecule has 0 spiro atoms. The summed E-state index contributed by atoms with van der Waals surface area (Å²) in [5.41, 5.74) is 2.24. The first-order chi connectivity index (χ1) is 11.1. The zero-order valence-electron chi connectivity index (χ0n) is 13.9. The second kappa shape index (κ2) is 8.22. The smallest absolute Gasteiger partial charge is 0.164 e. The number of nitrogens with one attached hydrogen (secondary N) is 1. The lowest BCUT2D eigenvalue weighted by molar-refractivity contribution is 0.346. The number of methoxy groups -OCH3 is 3. The van der Waals surface area contributed by atoms with Crippen LogP contribution in [0.1, 0.15) is 24.1 Å². The maximum absolute atomic E-state index is 5.46. The highest BCUT2D eigenvalue weighted by molar-refractivity contribution is 9.10. The highest BCUT2D eigenvalue weighted by Gasteiger charge is 2.13. The van der Waals surface area contributed by atoms with Crippen LogP contribution < -0.4 is 19.5 Å². The SMILES string of the molecule is COc1cc(OC)c(OC)cc1CN[C@H](C)c1cccc(Br)c1. The maximum atomic E-state index is 5.46. The zero-order valence-corrected chi connectivity index (χ0v) is 15.4. The fraction of sp³-hybridized carbons (Fsp3) is 0.333. The molecular formula is C18H22BrNO3. The minimum atomic E-state index is 0.213. The first kappa shape index (κ1) is 17.6. The molecule has 0 aliphatic heterocycles. The normalized spacial score (nSPS) is 11.9. The molecule has 0 amide bonds. The Labute approximate surface area is 145 Å². The van der Waals surface area contributed by atoms with Crippen molar-refractivity contribution in [2.45, 2.75) is 19.5 Å². The van der Waals surface area contributed by atoms with E-state index in [-0.39, 0.29) is 6.04 Å². The van der Waals surface area contributed by atoms with Gasteiger partial charge >= 0.3 is 0 Å². The summed E-state index contributed by atoms with van der Waals surface area (Å²) in [6.07, 6.45) is 0. The standard InChI is InChI=1S/C18H22BrNO3/c1-12(13-6-5-7-15(19)8-13)20-11-14-9-17(22-3)18(23-4)10-16(14)21-2/h5-10,12,20H,11H2,1-4H3/t12-/m1/s1. The van der Waals surface area contributed by atoms with Crippen molar-refractivity contribution in [2.24, 2.45) is 0 Å². The molecule has 0 radical (unpaired) electrons. The van der Waals surface area contributed by atoms with Gasteiger partial charge in [0, 0.05) is 28.7 Å². The molecule has 23 heavy (non-hydrogen) atoms. The van der Waals surface area contributed by atoms with E-state index >= 15 is 0 Å². The molecule has 2 aromatic carbocycles. The Morgan fingerprint density at radius 3 is 2.22 bits per heavy atom. The van der Waals surface area contributed by atoms with Crippen molar-refractivity contribution in [2.75, 3.05) is 21.3 Å². The summed E-state index contributed by atoms with van der Waals surface area (Å²) >= 11 is 3.51. The summed E-state index contributed by atoms with van der Waals surface area (Å²) in [6.45, 7) is 2.80. The molecule has 0 unspecified atom stereocenters. The van der Waals surface area contributed by atoms with Crippen LogP contribution in [0.3, 0.4) is 0 Å². The van der Waals surface area contributed by atoms with Gasteiger partial charge in [-0.25, -0.2) is 0 Å². The third kappa shape index (κ3) is 4.39. The molecule has 2 aromatic rings. The fourth-order valence-electron chi connectivity index (χ4n) is 2.39. The van der Waals surface area contributed by atoms with Crippen LogP contribution in [-0.2, 0) is 6.54 Å². The summed E-state index contributed by atoms with van der Waals surface area (Å²) in [6, 6.07) is 12.3. The Balaban J connectivity index is 2.16. The van der Waals surface area contributed by atoms with E-state index in [1.54, 1.807) is 21.3 Å². The number of benzene rings is 2. The zero-order chi connectivity index (χ0) is 16.8. The van der Waals surface area contributed by atoms with Gasteiger partial charge in [-0.3, -0.25) is 0 Å². The lowest BCUT2D eigenvalue weighted by Crippen LogP contribution is -2.18. The van der Waals surface area contributed by atoms with E-state index in [1.165, 1.54) is 5.56 Å². The summed E-state index contributed by atoms with van der Waals surface area (Å²) in [7, 11) is 4.90. The molecule has 0 saturated heterocycles. The summed E-state index contributed by atoms with van der Waals surface area (Å²) in [5, 5.41) is 3.51. The minimum Gasteiger partial charge on any atom is -0.496 e. The molecule has 5 heteroatoms. The molecular weight excluding hydrogens is 358 g/mol. The first-order valence-corrected chi connectivity index (χ1v) is 8.16. The van der Waals surface area contributed by atoms with E-state index in [2.05, 4.69) is 40.3 Å². The fourth-order valence-corrected chi connectivity index (χ4v) is 2.80. The Morgan fingerprint density at radius 2 is 1.61 bits per heavy atom. The molecule has 0 aliphatic carbocycles. The third-order valence-corrected chi connectivity index (χ3v) is 4.23. The van der Waals surface area contributed by atoms with E-state index < -0.39 is 0 Å².